The minimum atomic E-state index is 0.650. The van der Waals surface area contributed by atoms with Gasteiger partial charge in [-0.25, -0.2) is 9.98 Å². The average Bonchev–Trinajstić information content (AvgIpc) is 3.49. The van der Waals surface area contributed by atoms with E-state index in [9.17, 15) is 0 Å². The summed E-state index contributed by atoms with van der Waals surface area (Å²) < 4.78 is 6.53. The number of hydrogen-bond acceptors (Lipinski definition) is 3. The van der Waals surface area contributed by atoms with Crippen molar-refractivity contribution in [3.63, 3.8) is 0 Å². The van der Waals surface area contributed by atoms with Gasteiger partial charge in [-0.1, -0.05) is 158 Å². The minimum Gasteiger partial charge on any atom is -0.456 e. The van der Waals surface area contributed by atoms with Gasteiger partial charge in [0, 0.05) is 22.8 Å². The maximum atomic E-state index is 6.53. The van der Waals surface area contributed by atoms with Gasteiger partial charge in [0.25, 0.3) is 0 Å². The lowest BCUT2D eigenvalue weighted by molar-refractivity contribution is 0.669. The van der Waals surface area contributed by atoms with E-state index in [1.807, 2.05) is 12.1 Å². The van der Waals surface area contributed by atoms with E-state index in [4.69, 9.17) is 14.4 Å². The van der Waals surface area contributed by atoms with Gasteiger partial charge in [0.15, 0.2) is 5.84 Å². The molecule has 1 aliphatic rings. The Bertz CT molecular complexity index is 3210. The highest BCUT2D eigenvalue weighted by Gasteiger charge is 2.17. The summed E-state index contributed by atoms with van der Waals surface area (Å²) in [5.41, 5.74) is 11.3. The number of hydrogen-bond donors (Lipinski definition) is 0. The number of aliphatic imine (C=N–C) groups is 2. The number of fused-ring (bicyclic) bond motifs is 9. The lowest BCUT2D eigenvalue weighted by atomic mass is 9.92. The fourth-order valence-corrected chi connectivity index (χ4v) is 8.32. The summed E-state index contributed by atoms with van der Waals surface area (Å²) in [4.78, 5) is 10.4. The van der Waals surface area contributed by atoms with Crippen molar-refractivity contribution in [1.29, 1.82) is 0 Å². The Hall–Kier alpha value is -7.36. The summed E-state index contributed by atoms with van der Waals surface area (Å²) in [7, 11) is 0. The Labute approximate surface area is 324 Å². The largest absolute Gasteiger partial charge is 0.456 e. The van der Waals surface area contributed by atoms with E-state index in [2.05, 4.69) is 182 Å². The van der Waals surface area contributed by atoms with Crippen LogP contribution in [0.2, 0.25) is 0 Å². The highest BCUT2D eigenvalue weighted by atomic mass is 16.3. The molecule has 1 aliphatic heterocycles. The second kappa shape index (κ2) is 13.2. The molecule has 0 spiro atoms. The van der Waals surface area contributed by atoms with E-state index >= 15 is 0 Å². The summed E-state index contributed by atoms with van der Waals surface area (Å²) >= 11 is 0. The first-order valence-electron chi connectivity index (χ1n) is 19.1. The predicted molar refractivity (Wildman–Crippen MR) is 236 cm³/mol. The van der Waals surface area contributed by atoms with E-state index < -0.39 is 0 Å². The van der Waals surface area contributed by atoms with Crippen LogP contribution < -0.4 is 0 Å². The van der Waals surface area contributed by atoms with Crippen LogP contribution in [0, 0.1) is 0 Å². The number of nitrogens with zero attached hydrogens (tertiary/aromatic N) is 2. The molecule has 0 saturated carbocycles. The summed E-state index contributed by atoms with van der Waals surface area (Å²) in [5, 5.41) is 9.80. The van der Waals surface area contributed by atoms with Crippen LogP contribution in [0.3, 0.4) is 0 Å². The minimum absolute atomic E-state index is 0.650. The normalized spacial score (nSPS) is 13.2. The third kappa shape index (κ3) is 5.52. The molecule has 1 aromatic heterocycles. The molecule has 0 aliphatic carbocycles. The first kappa shape index (κ1) is 32.1. The fraction of sp³-hybridized carbons (Fsp3) is 0.0189. The lowest BCUT2D eigenvalue weighted by Gasteiger charge is -2.12. The van der Waals surface area contributed by atoms with Gasteiger partial charge < -0.3 is 4.42 Å². The van der Waals surface area contributed by atoms with Crippen molar-refractivity contribution in [3.8, 4) is 22.3 Å². The molecule has 3 nitrogen and oxygen atoms in total. The maximum Gasteiger partial charge on any atom is 0.160 e. The number of furan rings is 1. The van der Waals surface area contributed by atoms with Crippen LogP contribution in [0.15, 0.2) is 209 Å². The van der Waals surface area contributed by atoms with Crippen LogP contribution in [-0.4, -0.2) is 11.5 Å². The van der Waals surface area contributed by atoms with Crippen molar-refractivity contribution in [3.05, 3.63) is 211 Å². The monoisotopic (exact) mass is 714 g/mol. The molecule has 9 aromatic carbocycles. The molecular formula is C53H34N2O. The zero-order valence-electron chi connectivity index (χ0n) is 30.5. The second-order valence-electron chi connectivity index (χ2n) is 14.5. The molecule has 2 heterocycles. The summed E-state index contributed by atoms with van der Waals surface area (Å²) in [5.74, 6) is 0.699. The number of allylic oxidation sites excluding steroid dienone is 1. The van der Waals surface area contributed by atoms with Crippen LogP contribution in [0.5, 0.6) is 0 Å². The number of amidine groups is 1. The van der Waals surface area contributed by atoms with Crippen molar-refractivity contribution < 1.29 is 4.42 Å². The second-order valence-corrected chi connectivity index (χ2v) is 14.5. The van der Waals surface area contributed by atoms with Crippen molar-refractivity contribution in [2.24, 2.45) is 9.98 Å². The summed E-state index contributed by atoms with van der Waals surface area (Å²) in [6.45, 7) is 0. The highest BCUT2D eigenvalue weighted by molar-refractivity contribution is 6.26. The number of rotatable bonds is 5. The maximum absolute atomic E-state index is 6.53. The topological polar surface area (TPSA) is 37.9 Å². The summed E-state index contributed by atoms with van der Waals surface area (Å²) in [6.07, 6.45) is 2.84. The molecule has 0 saturated heterocycles. The predicted octanol–water partition coefficient (Wildman–Crippen LogP) is 14.1. The van der Waals surface area contributed by atoms with Gasteiger partial charge in [-0.15, -0.1) is 0 Å². The molecule has 0 atom stereocenters. The molecule has 0 unspecified atom stereocenters. The molecule has 0 fully saturated rings. The van der Waals surface area contributed by atoms with Gasteiger partial charge in [0.1, 0.15) is 11.2 Å². The first-order chi connectivity index (χ1) is 27.7. The molecule has 3 heteroatoms. The van der Waals surface area contributed by atoms with Gasteiger partial charge >= 0.3 is 0 Å². The third-order valence-electron chi connectivity index (χ3n) is 11.2. The van der Waals surface area contributed by atoms with E-state index in [-0.39, 0.29) is 0 Å². The molecular weight excluding hydrogens is 681 g/mol. The van der Waals surface area contributed by atoms with Gasteiger partial charge in [0.2, 0.25) is 0 Å². The zero-order valence-corrected chi connectivity index (χ0v) is 30.5. The van der Waals surface area contributed by atoms with E-state index in [1.54, 1.807) is 0 Å². The quantitative estimate of drug-likeness (QED) is 0.164. The van der Waals surface area contributed by atoms with Gasteiger partial charge in [0.05, 0.1) is 11.4 Å². The van der Waals surface area contributed by atoms with Gasteiger partial charge in [-0.3, -0.25) is 0 Å². The van der Waals surface area contributed by atoms with Gasteiger partial charge in [-0.05, 0) is 102 Å². The molecule has 0 bridgehead atoms. The third-order valence-corrected chi connectivity index (χ3v) is 11.2. The Morgan fingerprint density at radius 3 is 1.52 bits per heavy atom. The van der Waals surface area contributed by atoms with Crippen molar-refractivity contribution in [2.75, 3.05) is 0 Å². The fourth-order valence-electron chi connectivity index (χ4n) is 8.32. The van der Waals surface area contributed by atoms with Gasteiger partial charge in [-0.2, -0.15) is 0 Å². The molecule has 11 rings (SSSR count). The molecule has 0 amide bonds. The van der Waals surface area contributed by atoms with Crippen LogP contribution in [0.4, 0.5) is 0 Å². The Morgan fingerprint density at radius 2 is 0.821 bits per heavy atom. The first-order valence-corrected chi connectivity index (χ1v) is 19.1. The van der Waals surface area contributed by atoms with E-state index in [0.29, 0.717) is 12.3 Å². The Kier molecular flexibility index (Phi) is 7.56. The van der Waals surface area contributed by atoms with Crippen molar-refractivity contribution >= 4 is 71.5 Å². The average molecular weight is 715 g/mol. The zero-order chi connectivity index (χ0) is 37.0. The van der Waals surface area contributed by atoms with Crippen LogP contribution in [0.1, 0.15) is 23.1 Å². The SMILES string of the molecule is C1=C(c2ccccc2)N=C(c2ccc(-c3ccccc3)cc2)N=C(c2ccc3oc4cc(-c5ccc6c7ccccc7c7ccccc7c6c5)ccc4c3c2)C1. The van der Waals surface area contributed by atoms with E-state index in [1.165, 1.54) is 43.4 Å². The lowest BCUT2D eigenvalue weighted by Crippen LogP contribution is -2.05. The molecule has 0 radical (unpaired) electrons. The molecule has 10 aromatic rings. The van der Waals surface area contributed by atoms with Crippen LogP contribution >= 0.6 is 0 Å². The van der Waals surface area contributed by atoms with Crippen molar-refractivity contribution in [1.82, 2.24) is 0 Å². The Morgan fingerprint density at radius 1 is 0.321 bits per heavy atom. The molecule has 262 valence electrons. The van der Waals surface area contributed by atoms with Crippen LogP contribution in [-0.2, 0) is 0 Å². The molecule has 0 N–H and O–H groups in total. The molecule has 56 heavy (non-hydrogen) atoms. The Balaban J connectivity index is 0.981. The highest BCUT2D eigenvalue weighted by Crippen LogP contribution is 2.39. The van der Waals surface area contributed by atoms with Crippen LogP contribution in [0.25, 0.3) is 82.2 Å². The number of benzene rings is 9. The van der Waals surface area contributed by atoms with Crippen molar-refractivity contribution in [2.45, 2.75) is 6.42 Å². The smallest absolute Gasteiger partial charge is 0.160 e. The standard InChI is InChI=1S/C53H34N2O/c1-3-11-34(12-4-1)35-19-21-37(22-20-35)53-54-49(36-13-5-2-6-14-36)28-29-50(55-53)40-25-30-51-48(32-40)46-27-24-39(33-52(46)56-51)38-23-26-45-43-17-8-7-15-41(43)42-16-9-10-18-44(42)47(45)31-38/h1-28,30-33H,29H2. The summed E-state index contributed by atoms with van der Waals surface area (Å²) in [6, 6.07) is 66.7. The van der Waals surface area contributed by atoms with E-state index in [0.717, 1.165) is 61.2 Å².